The summed E-state index contributed by atoms with van der Waals surface area (Å²) in [5.41, 5.74) is 1.03. The van der Waals surface area contributed by atoms with Gasteiger partial charge in [-0.2, -0.15) is 0 Å². The van der Waals surface area contributed by atoms with Crippen LogP contribution < -0.4 is 5.32 Å². The second kappa shape index (κ2) is 7.06. The first-order valence-electron chi connectivity index (χ1n) is 7.43. The molecule has 22 heavy (non-hydrogen) atoms. The lowest BCUT2D eigenvalue weighted by atomic mass is 9.97. The van der Waals surface area contributed by atoms with Crippen molar-refractivity contribution in [2.24, 2.45) is 5.92 Å². The van der Waals surface area contributed by atoms with E-state index in [0.29, 0.717) is 37.1 Å². The van der Waals surface area contributed by atoms with Crippen LogP contribution in [0.15, 0.2) is 24.3 Å². The molecule has 1 fully saturated rings. The Morgan fingerprint density at radius 1 is 1.36 bits per heavy atom. The Morgan fingerprint density at radius 3 is 2.82 bits per heavy atom. The van der Waals surface area contributed by atoms with Gasteiger partial charge in [0, 0.05) is 30.8 Å². The van der Waals surface area contributed by atoms with E-state index in [1.54, 1.807) is 36.1 Å². The molecule has 0 aliphatic carbocycles. The summed E-state index contributed by atoms with van der Waals surface area (Å²) < 4.78 is 0. The van der Waals surface area contributed by atoms with Gasteiger partial charge < -0.3 is 15.3 Å². The molecule has 6 nitrogen and oxygen atoms in total. The highest BCUT2D eigenvalue weighted by Gasteiger charge is 2.28. The molecule has 1 aromatic rings. The van der Waals surface area contributed by atoms with Crippen molar-refractivity contribution in [2.75, 3.05) is 18.4 Å². The maximum Gasteiger partial charge on any atom is 0.308 e. The number of carboxylic acids is 1. The molecular formula is C16H20N2O4. The van der Waals surface area contributed by atoms with E-state index in [2.05, 4.69) is 5.32 Å². The number of amides is 2. The number of piperidine rings is 1. The summed E-state index contributed by atoms with van der Waals surface area (Å²) in [6, 6.07) is 6.73. The molecule has 6 heteroatoms. The van der Waals surface area contributed by atoms with Crippen molar-refractivity contribution in [1.29, 1.82) is 0 Å². The van der Waals surface area contributed by atoms with Gasteiger partial charge >= 0.3 is 5.97 Å². The topological polar surface area (TPSA) is 86.7 Å². The number of aliphatic carboxylic acids is 1. The highest BCUT2D eigenvalue weighted by Crippen LogP contribution is 2.20. The van der Waals surface area contributed by atoms with Gasteiger partial charge in [-0.25, -0.2) is 0 Å². The van der Waals surface area contributed by atoms with Crippen LogP contribution in [0.25, 0.3) is 0 Å². The fourth-order valence-electron chi connectivity index (χ4n) is 2.53. The van der Waals surface area contributed by atoms with Gasteiger partial charge in [0.2, 0.25) is 5.91 Å². The van der Waals surface area contributed by atoms with Gasteiger partial charge in [-0.15, -0.1) is 0 Å². The molecule has 0 spiro atoms. The SMILES string of the molecule is CCC(=O)Nc1cccc(C(=O)N2CCC[C@@H](C(=O)O)C2)c1. The molecule has 1 saturated heterocycles. The number of hydrogen-bond acceptors (Lipinski definition) is 3. The van der Waals surface area contributed by atoms with E-state index in [4.69, 9.17) is 5.11 Å². The minimum atomic E-state index is -0.860. The minimum absolute atomic E-state index is 0.117. The molecule has 0 bridgehead atoms. The molecular weight excluding hydrogens is 284 g/mol. The average Bonchev–Trinajstić information content (AvgIpc) is 2.54. The summed E-state index contributed by atoms with van der Waals surface area (Å²) in [7, 11) is 0. The molecule has 2 rings (SSSR count). The molecule has 1 aliphatic heterocycles. The third-order valence-electron chi connectivity index (χ3n) is 3.77. The lowest BCUT2D eigenvalue weighted by Gasteiger charge is -2.30. The van der Waals surface area contributed by atoms with Crippen molar-refractivity contribution in [2.45, 2.75) is 26.2 Å². The second-order valence-corrected chi connectivity index (χ2v) is 5.41. The standard InChI is InChI=1S/C16H20N2O4/c1-2-14(19)17-13-7-3-5-11(9-13)15(20)18-8-4-6-12(10-18)16(21)22/h3,5,7,9,12H,2,4,6,8,10H2,1H3,(H,17,19)(H,21,22)/t12-/m1/s1. The maximum atomic E-state index is 12.5. The monoisotopic (exact) mass is 304 g/mol. The van der Waals surface area contributed by atoms with Crippen LogP contribution in [0.5, 0.6) is 0 Å². The lowest BCUT2D eigenvalue weighted by molar-refractivity contribution is -0.143. The van der Waals surface area contributed by atoms with Crippen LogP contribution >= 0.6 is 0 Å². The van der Waals surface area contributed by atoms with Crippen LogP contribution in [-0.4, -0.2) is 40.9 Å². The van der Waals surface area contributed by atoms with Crippen molar-refractivity contribution >= 4 is 23.5 Å². The van der Waals surface area contributed by atoms with E-state index in [1.165, 1.54) is 0 Å². The first-order chi connectivity index (χ1) is 10.5. The van der Waals surface area contributed by atoms with Crippen molar-refractivity contribution in [3.63, 3.8) is 0 Å². The summed E-state index contributed by atoms with van der Waals surface area (Å²) in [5, 5.41) is 11.8. The Hall–Kier alpha value is -2.37. The van der Waals surface area contributed by atoms with Gasteiger partial charge in [0.1, 0.15) is 0 Å². The fourth-order valence-corrected chi connectivity index (χ4v) is 2.53. The molecule has 0 radical (unpaired) electrons. The summed E-state index contributed by atoms with van der Waals surface area (Å²) in [5.74, 6) is -1.67. The molecule has 0 saturated carbocycles. The first kappa shape index (κ1) is 16.0. The highest BCUT2D eigenvalue weighted by atomic mass is 16.4. The van der Waals surface area contributed by atoms with Gasteiger partial charge in [-0.3, -0.25) is 14.4 Å². The number of carbonyl (C=O) groups is 3. The van der Waals surface area contributed by atoms with Crippen molar-refractivity contribution < 1.29 is 19.5 Å². The quantitative estimate of drug-likeness (QED) is 0.890. The van der Waals surface area contributed by atoms with Crippen molar-refractivity contribution in [3.05, 3.63) is 29.8 Å². The zero-order valence-electron chi connectivity index (χ0n) is 12.5. The largest absolute Gasteiger partial charge is 0.481 e. The van der Waals surface area contributed by atoms with E-state index in [0.717, 1.165) is 0 Å². The molecule has 0 unspecified atom stereocenters. The second-order valence-electron chi connectivity index (χ2n) is 5.41. The van der Waals surface area contributed by atoms with Gasteiger partial charge in [-0.05, 0) is 31.0 Å². The third-order valence-corrected chi connectivity index (χ3v) is 3.77. The Labute approximate surface area is 129 Å². The predicted octanol–water partition coefficient (Wildman–Crippen LogP) is 1.97. The maximum absolute atomic E-state index is 12.5. The smallest absolute Gasteiger partial charge is 0.308 e. The molecule has 1 heterocycles. The number of nitrogens with zero attached hydrogens (tertiary/aromatic N) is 1. The van der Waals surface area contributed by atoms with Crippen molar-refractivity contribution in [1.82, 2.24) is 4.90 Å². The Balaban J connectivity index is 2.10. The molecule has 2 amide bonds. The Kier molecular flexibility index (Phi) is 5.14. The van der Waals surface area contributed by atoms with Crippen LogP contribution in [0.2, 0.25) is 0 Å². The van der Waals surface area contributed by atoms with Crippen LogP contribution in [0.1, 0.15) is 36.5 Å². The molecule has 1 atom stereocenters. The van der Waals surface area contributed by atoms with Gasteiger partial charge in [0.15, 0.2) is 0 Å². The zero-order chi connectivity index (χ0) is 16.1. The van der Waals surface area contributed by atoms with E-state index >= 15 is 0 Å². The summed E-state index contributed by atoms with van der Waals surface area (Å²) >= 11 is 0. The van der Waals surface area contributed by atoms with E-state index in [-0.39, 0.29) is 18.4 Å². The summed E-state index contributed by atoms with van der Waals surface area (Å²) in [6.07, 6.45) is 1.66. The normalized spacial score (nSPS) is 17.9. The number of carboxylic acid groups (broad SMARTS) is 1. The van der Waals surface area contributed by atoms with Gasteiger partial charge in [-0.1, -0.05) is 13.0 Å². The third kappa shape index (κ3) is 3.84. The number of carbonyl (C=O) groups excluding carboxylic acids is 2. The molecule has 1 aliphatic rings. The number of likely N-dealkylation sites (tertiary alicyclic amines) is 1. The summed E-state index contributed by atoms with van der Waals surface area (Å²) in [6.45, 7) is 2.55. The van der Waals surface area contributed by atoms with Crippen LogP contribution in [0.4, 0.5) is 5.69 Å². The van der Waals surface area contributed by atoms with E-state index in [9.17, 15) is 14.4 Å². The zero-order valence-corrected chi connectivity index (χ0v) is 12.5. The molecule has 1 aromatic carbocycles. The first-order valence-corrected chi connectivity index (χ1v) is 7.43. The molecule has 118 valence electrons. The number of nitrogens with one attached hydrogen (secondary N) is 1. The number of anilines is 1. The Bertz CT molecular complexity index is 585. The van der Waals surface area contributed by atoms with E-state index in [1.807, 2.05) is 0 Å². The number of rotatable bonds is 4. The summed E-state index contributed by atoms with van der Waals surface area (Å²) in [4.78, 5) is 36.6. The van der Waals surface area contributed by atoms with E-state index < -0.39 is 11.9 Å². The Morgan fingerprint density at radius 2 is 2.14 bits per heavy atom. The number of hydrogen-bond donors (Lipinski definition) is 2. The molecule has 0 aromatic heterocycles. The average molecular weight is 304 g/mol. The highest BCUT2D eigenvalue weighted by molar-refractivity contribution is 5.97. The van der Waals surface area contributed by atoms with Crippen molar-refractivity contribution in [3.8, 4) is 0 Å². The van der Waals surface area contributed by atoms with Gasteiger partial charge in [0.05, 0.1) is 5.92 Å². The lowest BCUT2D eigenvalue weighted by Crippen LogP contribution is -2.42. The van der Waals surface area contributed by atoms with Crippen LogP contribution in [-0.2, 0) is 9.59 Å². The van der Waals surface area contributed by atoms with Crippen LogP contribution in [0, 0.1) is 5.92 Å². The van der Waals surface area contributed by atoms with Gasteiger partial charge in [0.25, 0.3) is 5.91 Å². The molecule has 2 N–H and O–H groups in total. The minimum Gasteiger partial charge on any atom is -0.481 e. The predicted molar refractivity (Wildman–Crippen MR) is 81.6 cm³/mol. The number of benzene rings is 1. The van der Waals surface area contributed by atoms with Crippen LogP contribution in [0.3, 0.4) is 0 Å². The fraction of sp³-hybridized carbons (Fsp3) is 0.438.